The quantitative estimate of drug-likeness (QED) is 0.398. The first kappa shape index (κ1) is 20.7. The average Bonchev–Trinajstić information content (AvgIpc) is 3.18. The Morgan fingerprint density at radius 2 is 1.77 bits per heavy atom. The van der Waals surface area contributed by atoms with Crippen LogP contribution in [-0.2, 0) is 0 Å². The van der Waals surface area contributed by atoms with Crippen LogP contribution in [0.25, 0.3) is 22.4 Å². The van der Waals surface area contributed by atoms with E-state index in [1.165, 1.54) is 13.2 Å². The van der Waals surface area contributed by atoms with E-state index in [-0.39, 0.29) is 5.91 Å². The summed E-state index contributed by atoms with van der Waals surface area (Å²) in [5.74, 6) is 0.0999. The monoisotopic (exact) mass is 454 g/mol. The van der Waals surface area contributed by atoms with Crippen molar-refractivity contribution < 1.29 is 14.3 Å². The number of amides is 2. The van der Waals surface area contributed by atoms with Gasteiger partial charge in [-0.15, -0.1) is 0 Å². The number of aromatic nitrogens is 2. The van der Waals surface area contributed by atoms with Crippen molar-refractivity contribution in [1.29, 1.82) is 0 Å². The largest absolute Gasteiger partial charge is 0.495 e. The minimum atomic E-state index is -0.534. The number of methoxy groups -OCH3 is 1. The van der Waals surface area contributed by atoms with Crippen molar-refractivity contribution in [2.75, 3.05) is 12.4 Å². The van der Waals surface area contributed by atoms with Crippen LogP contribution >= 0.6 is 23.2 Å². The lowest BCUT2D eigenvalue weighted by atomic mass is 10.1. The van der Waals surface area contributed by atoms with Crippen LogP contribution in [0.3, 0.4) is 0 Å². The number of imidazole rings is 1. The molecule has 0 aliphatic heterocycles. The second kappa shape index (κ2) is 8.29. The fraction of sp³-hybridized carbons (Fsp3) is 0.0455. The van der Waals surface area contributed by atoms with Crippen molar-refractivity contribution in [3.8, 4) is 17.1 Å². The summed E-state index contributed by atoms with van der Waals surface area (Å²) in [7, 11) is 1.50. The number of carbonyl (C=O) groups excluding carboxylic acids is 2. The Morgan fingerprint density at radius 1 is 1.00 bits per heavy atom. The SMILES string of the molecule is COc1ccc(C(=O)Nc2ccc(Cl)c(-c3nc4cc(C(N)=O)ccc4[nH]3)c2)cc1Cl. The zero-order valence-corrected chi connectivity index (χ0v) is 17.7. The highest BCUT2D eigenvalue weighted by Gasteiger charge is 2.14. The lowest BCUT2D eigenvalue weighted by molar-refractivity contribution is 0.0997. The standard InChI is InChI=1S/C22H16Cl2N4O3/c1-31-19-7-3-12(8-16(19)24)22(30)26-13-4-5-15(23)14(10-13)21-27-17-6-2-11(20(25)29)9-18(17)28-21/h2-10H,1H3,(H2,25,29)(H,26,30)(H,27,28). The maximum atomic E-state index is 12.6. The highest BCUT2D eigenvalue weighted by Crippen LogP contribution is 2.31. The van der Waals surface area contributed by atoms with Gasteiger partial charge >= 0.3 is 0 Å². The Kier molecular flexibility index (Phi) is 5.54. The average molecular weight is 455 g/mol. The number of nitrogens with zero attached hydrogens (tertiary/aromatic N) is 1. The highest BCUT2D eigenvalue weighted by molar-refractivity contribution is 6.33. The molecule has 0 saturated heterocycles. The first-order valence-corrected chi connectivity index (χ1v) is 9.85. The van der Waals surface area contributed by atoms with Crippen LogP contribution in [0, 0.1) is 0 Å². The first-order chi connectivity index (χ1) is 14.9. The molecule has 1 aromatic heterocycles. The molecule has 0 radical (unpaired) electrons. The van der Waals surface area contributed by atoms with Gasteiger partial charge in [-0.3, -0.25) is 9.59 Å². The maximum absolute atomic E-state index is 12.6. The van der Waals surface area contributed by atoms with Crippen LogP contribution in [-0.4, -0.2) is 28.9 Å². The topological polar surface area (TPSA) is 110 Å². The molecule has 4 N–H and O–H groups in total. The van der Waals surface area contributed by atoms with E-state index in [0.717, 1.165) is 5.52 Å². The van der Waals surface area contributed by atoms with Gasteiger partial charge in [-0.2, -0.15) is 0 Å². The van der Waals surface area contributed by atoms with Gasteiger partial charge in [-0.25, -0.2) is 4.98 Å². The van der Waals surface area contributed by atoms with E-state index < -0.39 is 5.91 Å². The molecule has 0 fully saturated rings. The number of nitrogens with two attached hydrogens (primary N) is 1. The Morgan fingerprint density at radius 3 is 2.48 bits per heavy atom. The lowest BCUT2D eigenvalue weighted by Crippen LogP contribution is -2.12. The molecule has 1 heterocycles. The summed E-state index contributed by atoms with van der Waals surface area (Å²) in [6, 6.07) is 14.8. The molecule has 4 rings (SSSR count). The second-order valence-corrected chi connectivity index (χ2v) is 7.49. The van der Waals surface area contributed by atoms with Gasteiger partial charge in [-0.05, 0) is 54.6 Å². The number of ether oxygens (including phenoxy) is 1. The number of halogens is 2. The molecule has 7 nitrogen and oxygen atoms in total. The van der Waals surface area contributed by atoms with Crippen molar-refractivity contribution in [2.24, 2.45) is 5.73 Å². The number of aromatic amines is 1. The molecule has 4 aromatic rings. The summed E-state index contributed by atoms with van der Waals surface area (Å²) in [6.45, 7) is 0. The predicted octanol–water partition coefficient (Wildman–Crippen LogP) is 4.90. The van der Waals surface area contributed by atoms with E-state index in [0.29, 0.717) is 49.5 Å². The fourth-order valence-electron chi connectivity index (χ4n) is 3.08. The van der Waals surface area contributed by atoms with Crippen molar-refractivity contribution in [3.05, 3.63) is 75.8 Å². The zero-order chi connectivity index (χ0) is 22.1. The molecule has 0 unspecified atom stereocenters. The number of hydrogen-bond acceptors (Lipinski definition) is 4. The van der Waals surface area contributed by atoms with E-state index >= 15 is 0 Å². The molecule has 31 heavy (non-hydrogen) atoms. The molecular weight excluding hydrogens is 439 g/mol. The molecule has 0 bridgehead atoms. The summed E-state index contributed by atoms with van der Waals surface area (Å²) in [5, 5.41) is 3.60. The molecule has 3 aromatic carbocycles. The van der Waals surface area contributed by atoms with Gasteiger partial charge in [0.05, 0.1) is 28.2 Å². The van der Waals surface area contributed by atoms with Crippen LogP contribution in [0.5, 0.6) is 5.75 Å². The number of nitrogens with one attached hydrogen (secondary N) is 2. The normalized spacial score (nSPS) is 10.8. The molecule has 0 spiro atoms. The fourth-order valence-corrected chi connectivity index (χ4v) is 3.55. The van der Waals surface area contributed by atoms with E-state index in [2.05, 4.69) is 15.3 Å². The van der Waals surface area contributed by atoms with Crippen molar-refractivity contribution in [1.82, 2.24) is 9.97 Å². The maximum Gasteiger partial charge on any atom is 0.255 e. The van der Waals surface area contributed by atoms with Crippen LogP contribution in [0.1, 0.15) is 20.7 Å². The minimum absolute atomic E-state index is 0.338. The smallest absolute Gasteiger partial charge is 0.255 e. The third-order valence-electron chi connectivity index (χ3n) is 4.66. The third-order valence-corrected chi connectivity index (χ3v) is 5.29. The van der Waals surface area contributed by atoms with Crippen LogP contribution < -0.4 is 15.8 Å². The summed E-state index contributed by atoms with van der Waals surface area (Å²) in [4.78, 5) is 31.7. The Balaban J connectivity index is 1.64. The Bertz CT molecular complexity index is 1330. The van der Waals surface area contributed by atoms with Gasteiger partial charge in [0.1, 0.15) is 11.6 Å². The molecule has 0 aliphatic carbocycles. The van der Waals surface area contributed by atoms with E-state index in [1.807, 2.05) is 0 Å². The predicted molar refractivity (Wildman–Crippen MR) is 121 cm³/mol. The number of hydrogen-bond donors (Lipinski definition) is 3. The molecule has 0 atom stereocenters. The number of H-pyrrole nitrogens is 1. The van der Waals surface area contributed by atoms with Gasteiger partial charge < -0.3 is 20.8 Å². The van der Waals surface area contributed by atoms with Crippen LogP contribution in [0.2, 0.25) is 10.0 Å². The second-order valence-electron chi connectivity index (χ2n) is 6.68. The number of rotatable bonds is 5. The summed E-state index contributed by atoms with van der Waals surface area (Å²) < 4.78 is 5.11. The Labute approximate surface area is 187 Å². The van der Waals surface area contributed by atoms with Gasteiger partial charge in [0, 0.05) is 22.4 Å². The van der Waals surface area contributed by atoms with Gasteiger partial charge in [-0.1, -0.05) is 23.2 Å². The molecule has 156 valence electrons. The molecule has 9 heteroatoms. The number of carbonyl (C=O) groups is 2. The van der Waals surface area contributed by atoms with Gasteiger partial charge in [0.15, 0.2) is 0 Å². The summed E-state index contributed by atoms with van der Waals surface area (Å²) in [5.41, 5.74) is 8.47. The van der Waals surface area contributed by atoms with Crippen molar-refractivity contribution >= 4 is 51.7 Å². The molecule has 0 aliphatic rings. The van der Waals surface area contributed by atoms with Crippen molar-refractivity contribution in [3.63, 3.8) is 0 Å². The summed E-state index contributed by atoms with van der Waals surface area (Å²) >= 11 is 12.5. The lowest BCUT2D eigenvalue weighted by Gasteiger charge is -2.09. The van der Waals surface area contributed by atoms with Crippen LogP contribution in [0.4, 0.5) is 5.69 Å². The zero-order valence-electron chi connectivity index (χ0n) is 16.2. The van der Waals surface area contributed by atoms with Gasteiger partial charge in [0.2, 0.25) is 5.91 Å². The minimum Gasteiger partial charge on any atom is -0.495 e. The molecule has 0 saturated carbocycles. The Hall–Kier alpha value is -3.55. The molecular formula is C22H16Cl2N4O3. The number of benzene rings is 3. The van der Waals surface area contributed by atoms with Crippen LogP contribution in [0.15, 0.2) is 54.6 Å². The number of anilines is 1. The number of fused-ring (bicyclic) bond motifs is 1. The highest BCUT2D eigenvalue weighted by atomic mass is 35.5. The number of primary amides is 1. The third kappa shape index (κ3) is 4.19. The van der Waals surface area contributed by atoms with Crippen molar-refractivity contribution in [2.45, 2.75) is 0 Å². The molecule has 2 amide bonds. The van der Waals surface area contributed by atoms with E-state index in [4.69, 9.17) is 33.7 Å². The van der Waals surface area contributed by atoms with E-state index in [9.17, 15) is 9.59 Å². The summed E-state index contributed by atoms with van der Waals surface area (Å²) in [6.07, 6.45) is 0. The first-order valence-electron chi connectivity index (χ1n) is 9.10. The van der Waals surface area contributed by atoms with Gasteiger partial charge in [0.25, 0.3) is 5.91 Å². The van der Waals surface area contributed by atoms with E-state index in [1.54, 1.807) is 48.5 Å².